The molecular weight excluding hydrogens is 236 g/mol. The van der Waals surface area contributed by atoms with Crippen molar-refractivity contribution in [3.63, 3.8) is 0 Å². The number of hydrogen-bond donors (Lipinski definition) is 0. The van der Waals surface area contributed by atoms with Gasteiger partial charge >= 0.3 is 0 Å². The molecule has 1 aliphatic rings. The molecule has 0 aliphatic carbocycles. The van der Waals surface area contributed by atoms with Crippen LogP contribution >= 0.6 is 11.6 Å². The first kappa shape index (κ1) is 12.4. The predicted molar refractivity (Wildman–Crippen MR) is 68.3 cm³/mol. The summed E-state index contributed by atoms with van der Waals surface area (Å²) in [5.74, 6) is 0.561. The fourth-order valence-electron chi connectivity index (χ4n) is 2.42. The fourth-order valence-corrected chi connectivity index (χ4v) is 2.71. The highest BCUT2D eigenvalue weighted by molar-refractivity contribution is 6.33. The molecule has 0 spiro atoms. The number of carbonyl (C=O) groups excluding carboxylic acids is 1. The van der Waals surface area contributed by atoms with E-state index in [9.17, 15) is 4.79 Å². The molecule has 2 unspecified atom stereocenters. The number of aryl methyl sites for hydroxylation is 1. The van der Waals surface area contributed by atoms with Crippen molar-refractivity contribution in [2.24, 2.45) is 5.92 Å². The van der Waals surface area contributed by atoms with Crippen LogP contribution in [0.5, 0.6) is 0 Å². The van der Waals surface area contributed by atoms with Crippen molar-refractivity contribution in [2.45, 2.75) is 33.2 Å². The molecule has 17 heavy (non-hydrogen) atoms. The number of amides is 1. The predicted octanol–water partition coefficient (Wildman–Crippen LogP) is 2.91. The third-order valence-corrected chi connectivity index (χ3v) is 3.58. The molecule has 1 aromatic heterocycles. The second kappa shape index (κ2) is 4.65. The quantitative estimate of drug-likeness (QED) is 0.770. The van der Waals surface area contributed by atoms with E-state index in [1.807, 2.05) is 11.8 Å². The topological polar surface area (TPSA) is 33.2 Å². The number of pyridine rings is 1. The highest BCUT2D eigenvalue weighted by atomic mass is 35.5. The molecule has 1 aliphatic heterocycles. The minimum Gasteiger partial charge on any atom is -0.336 e. The lowest BCUT2D eigenvalue weighted by Crippen LogP contribution is -2.34. The molecule has 4 heteroatoms. The number of nitrogens with zero attached hydrogens (tertiary/aromatic N) is 2. The average Bonchev–Trinajstić information content (AvgIpc) is 2.57. The molecule has 2 rings (SSSR count). The summed E-state index contributed by atoms with van der Waals surface area (Å²) in [5, 5.41) is 0.495. The average molecular weight is 253 g/mol. The lowest BCUT2D eigenvalue weighted by molar-refractivity contribution is 0.0743. The summed E-state index contributed by atoms with van der Waals surface area (Å²) in [7, 11) is 0. The van der Waals surface area contributed by atoms with Crippen molar-refractivity contribution in [2.75, 3.05) is 6.54 Å². The monoisotopic (exact) mass is 252 g/mol. The molecule has 1 aromatic rings. The van der Waals surface area contributed by atoms with Gasteiger partial charge in [-0.15, -0.1) is 0 Å². The van der Waals surface area contributed by atoms with Crippen LogP contribution in [0.15, 0.2) is 12.3 Å². The maximum Gasteiger partial charge on any atom is 0.257 e. The zero-order valence-corrected chi connectivity index (χ0v) is 11.2. The van der Waals surface area contributed by atoms with E-state index in [1.54, 1.807) is 12.3 Å². The first-order valence-electron chi connectivity index (χ1n) is 5.92. The van der Waals surface area contributed by atoms with Crippen LogP contribution in [0.2, 0.25) is 5.02 Å². The number of halogens is 1. The van der Waals surface area contributed by atoms with Gasteiger partial charge in [-0.1, -0.05) is 18.5 Å². The van der Waals surface area contributed by atoms with Gasteiger partial charge in [-0.3, -0.25) is 9.78 Å². The Kier molecular flexibility index (Phi) is 3.38. The molecule has 0 radical (unpaired) electrons. The normalized spacial score (nSPS) is 24.1. The van der Waals surface area contributed by atoms with E-state index in [0.717, 1.165) is 18.7 Å². The largest absolute Gasteiger partial charge is 0.336 e. The Morgan fingerprint density at radius 3 is 2.76 bits per heavy atom. The molecule has 0 aromatic carbocycles. The van der Waals surface area contributed by atoms with Crippen molar-refractivity contribution in [1.29, 1.82) is 0 Å². The second-order valence-electron chi connectivity index (χ2n) is 4.95. The summed E-state index contributed by atoms with van der Waals surface area (Å²) in [6.07, 6.45) is 2.64. The van der Waals surface area contributed by atoms with Gasteiger partial charge in [-0.25, -0.2) is 0 Å². The van der Waals surface area contributed by atoms with E-state index in [0.29, 0.717) is 16.5 Å². The molecule has 1 saturated heterocycles. The maximum atomic E-state index is 12.3. The zero-order valence-electron chi connectivity index (χ0n) is 10.4. The zero-order chi connectivity index (χ0) is 12.6. The van der Waals surface area contributed by atoms with Gasteiger partial charge in [-0.05, 0) is 32.3 Å². The summed E-state index contributed by atoms with van der Waals surface area (Å²) in [4.78, 5) is 18.4. The van der Waals surface area contributed by atoms with Crippen LogP contribution in [-0.2, 0) is 0 Å². The second-order valence-corrected chi connectivity index (χ2v) is 5.36. The molecule has 0 bridgehead atoms. The molecule has 1 amide bonds. The molecule has 1 fully saturated rings. The Balaban J connectivity index is 2.25. The first-order valence-corrected chi connectivity index (χ1v) is 6.30. The highest BCUT2D eigenvalue weighted by Crippen LogP contribution is 2.26. The molecule has 2 atom stereocenters. The van der Waals surface area contributed by atoms with Crippen LogP contribution in [0.4, 0.5) is 0 Å². The molecule has 92 valence electrons. The van der Waals surface area contributed by atoms with Crippen LogP contribution in [0.3, 0.4) is 0 Å². The van der Waals surface area contributed by atoms with E-state index in [2.05, 4.69) is 18.8 Å². The smallest absolute Gasteiger partial charge is 0.257 e. The molecule has 2 heterocycles. The van der Waals surface area contributed by atoms with E-state index in [1.165, 1.54) is 0 Å². The number of aromatic nitrogens is 1. The Labute approximate surface area is 107 Å². The van der Waals surface area contributed by atoms with Crippen LogP contribution < -0.4 is 0 Å². The lowest BCUT2D eigenvalue weighted by Gasteiger charge is -2.21. The van der Waals surface area contributed by atoms with Crippen molar-refractivity contribution in [3.05, 3.63) is 28.5 Å². The molecule has 0 N–H and O–H groups in total. The van der Waals surface area contributed by atoms with Crippen LogP contribution in [0, 0.1) is 12.8 Å². The van der Waals surface area contributed by atoms with Gasteiger partial charge in [-0.2, -0.15) is 0 Å². The van der Waals surface area contributed by atoms with Crippen LogP contribution in [-0.4, -0.2) is 28.4 Å². The first-order chi connectivity index (χ1) is 7.99. The molecular formula is C13H17ClN2O. The summed E-state index contributed by atoms with van der Waals surface area (Å²) in [6.45, 7) is 6.92. The van der Waals surface area contributed by atoms with Crippen molar-refractivity contribution >= 4 is 17.5 Å². The number of hydrogen-bond acceptors (Lipinski definition) is 2. The van der Waals surface area contributed by atoms with Crippen molar-refractivity contribution in [3.8, 4) is 0 Å². The number of rotatable bonds is 1. The van der Waals surface area contributed by atoms with Gasteiger partial charge in [0.2, 0.25) is 0 Å². The summed E-state index contributed by atoms with van der Waals surface area (Å²) < 4.78 is 0. The SMILES string of the molecule is Cc1cc(Cl)c(C(=O)N2CC(C)CC2C)cn1. The van der Waals surface area contributed by atoms with Gasteiger partial charge in [0.15, 0.2) is 0 Å². The van der Waals surface area contributed by atoms with E-state index in [-0.39, 0.29) is 11.9 Å². The van der Waals surface area contributed by atoms with Gasteiger partial charge in [0.05, 0.1) is 10.6 Å². The van der Waals surface area contributed by atoms with Gasteiger partial charge in [0.1, 0.15) is 0 Å². The van der Waals surface area contributed by atoms with E-state index >= 15 is 0 Å². The third kappa shape index (κ3) is 2.44. The van der Waals surface area contributed by atoms with E-state index in [4.69, 9.17) is 11.6 Å². The fraction of sp³-hybridized carbons (Fsp3) is 0.538. The van der Waals surface area contributed by atoms with Crippen LogP contribution in [0.1, 0.15) is 36.3 Å². The van der Waals surface area contributed by atoms with Crippen molar-refractivity contribution < 1.29 is 4.79 Å². The van der Waals surface area contributed by atoms with Gasteiger partial charge < -0.3 is 4.90 Å². The molecule has 0 saturated carbocycles. The molecule has 3 nitrogen and oxygen atoms in total. The minimum absolute atomic E-state index is 0.000602. The lowest BCUT2D eigenvalue weighted by atomic mass is 10.1. The maximum absolute atomic E-state index is 12.3. The van der Waals surface area contributed by atoms with Crippen molar-refractivity contribution in [1.82, 2.24) is 9.88 Å². The Morgan fingerprint density at radius 1 is 1.53 bits per heavy atom. The minimum atomic E-state index is -0.000602. The van der Waals surface area contributed by atoms with Gasteiger partial charge in [0.25, 0.3) is 5.91 Å². The van der Waals surface area contributed by atoms with E-state index < -0.39 is 0 Å². The Bertz CT molecular complexity index is 447. The summed E-state index contributed by atoms with van der Waals surface area (Å²) in [6, 6.07) is 2.02. The number of carbonyl (C=O) groups is 1. The number of likely N-dealkylation sites (tertiary alicyclic amines) is 1. The summed E-state index contributed by atoms with van der Waals surface area (Å²) >= 11 is 6.10. The Hall–Kier alpha value is -1.09. The Morgan fingerprint density at radius 2 is 2.24 bits per heavy atom. The van der Waals surface area contributed by atoms with Crippen LogP contribution in [0.25, 0.3) is 0 Å². The van der Waals surface area contributed by atoms with Gasteiger partial charge in [0, 0.05) is 24.5 Å². The standard InChI is InChI=1S/C13H17ClN2O/c1-8-4-10(3)16(7-8)13(17)11-6-15-9(2)5-12(11)14/h5-6,8,10H,4,7H2,1-3H3. The highest BCUT2D eigenvalue weighted by Gasteiger charge is 2.31. The third-order valence-electron chi connectivity index (χ3n) is 3.27. The summed E-state index contributed by atoms with van der Waals surface area (Å²) in [5.41, 5.74) is 1.34.